The second kappa shape index (κ2) is 9.94. The molecule has 1 aromatic heterocycles. The van der Waals surface area contributed by atoms with Gasteiger partial charge < -0.3 is 5.32 Å². The molecule has 2 amide bonds. The van der Waals surface area contributed by atoms with Gasteiger partial charge in [-0.1, -0.05) is 59.5 Å². The number of nitrogens with one attached hydrogen (secondary N) is 2. The molecule has 11 heteroatoms. The predicted molar refractivity (Wildman–Crippen MR) is 115 cm³/mol. The van der Waals surface area contributed by atoms with Crippen LogP contribution in [-0.2, 0) is 11.3 Å². The Morgan fingerprint density at radius 3 is 2.67 bits per heavy atom. The van der Waals surface area contributed by atoms with Crippen LogP contribution in [0, 0.1) is 17.0 Å². The van der Waals surface area contributed by atoms with Crippen LogP contribution in [0.2, 0.25) is 0 Å². The molecule has 154 valence electrons. The van der Waals surface area contributed by atoms with Crippen molar-refractivity contribution in [3.05, 3.63) is 75.3 Å². The fraction of sp³-hybridized carbons (Fsp3) is 0.158. The van der Waals surface area contributed by atoms with Crippen molar-refractivity contribution < 1.29 is 14.5 Å². The number of aryl methyl sites for hydroxylation is 1. The zero-order chi connectivity index (χ0) is 21.5. The van der Waals surface area contributed by atoms with Gasteiger partial charge in [-0.3, -0.25) is 25.0 Å². The molecule has 1 heterocycles. The van der Waals surface area contributed by atoms with Gasteiger partial charge in [0.1, 0.15) is 0 Å². The first-order chi connectivity index (χ1) is 14.4. The molecular weight excluding hydrogens is 426 g/mol. The third-order valence-corrected chi connectivity index (χ3v) is 5.93. The number of benzene rings is 2. The molecule has 0 unspecified atom stereocenters. The largest absolute Gasteiger partial charge is 0.351 e. The molecule has 0 saturated carbocycles. The number of aromatic nitrogens is 2. The molecule has 0 radical (unpaired) electrons. The van der Waals surface area contributed by atoms with E-state index < -0.39 is 10.8 Å². The van der Waals surface area contributed by atoms with E-state index in [4.69, 9.17) is 0 Å². The van der Waals surface area contributed by atoms with Crippen LogP contribution in [0.4, 0.5) is 10.8 Å². The van der Waals surface area contributed by atoms with E-state index in [1.165, 1.54) is 30.0 Å². The Labute approximate surface area is 180 Å². The molecule has 3 aromatic rings. The average molecular weight is 444 g/mol. The number of hydrogen-bond donors (Lipinski definition) is 2. The summed E-state index contributed by atoms with van der Waals surface area (Å²) in [5, 5.41) is 24.5. The quantitative estimate of drug-likeness (QED) is 0.236. The smallest absolute Gasteiger partial charge is 0.273 e. The summed E-state index contributed by atoms with van der Waals surface area (Å²) in [5.74, 6) is -0.498. The van der Waals surface area contributed by atoms with Crippen LogP contribution >= 0.6 is 23.1 Å². The van der Waals surface area contributed by atoms with Crippen molar-refractivity contribution in [2.24, 2.45) is 0 Å². The van der Waals surface area contributed by atoms with E-state index in [2.05, 4.69) is 20.8 Å². The highest BCUT2D eigenvalue weighted by molar-refractivity contribution is 8.01. The highest BCUT2D eigenvalue weighted by atomic mass is 32.2. The Kier molecular flexibility index (Phi) is 7.09. The van der Waals surface area contributed by atoms with E-state index in [0.29, 0.717) is 16.4 Å². The number of thioether (sulfide) groups is 1. The lowest BCUT2D eigenvalue weighted by Gasteiger charge is -2.04. The standard InChI is InChI=1S/C19H17N5O4S2/c1-12-7-8-14(9-15(12)24(27)28)17(26)21-18-22-23-19(30-18)29-11-16(25)20-10-13-5-3-2-4-6-13/h2-9H,10-11H2,1H3,(H,20,25)(H,21,22,26). The van der Waals surface area contributed by atoms with Crippen LogP contribution in [-0.4, -0.2) is 32.7 Å². The van der Waals surface area contributed by atoms with Gasteiger partial charge in [0, 0.05) is 23.7 Å². The van der Waals surface area contributed by atoms with Crippen molar-refractivity contribution in [3.63, 3.8) is 0 Å². The van der Waals surface area contributed by atoms with Gasteiger partial charge in [0.25, 0.3) is 11.6 Å². The predicted octanol–water partition coefficient (Wildman–Crippen LogP) is 3.42. The topological polar surface area (TPSA) is 127 Å². The van der Waals surface area contributed by atoms with Gasteiger partial charge >= 0.3 is 0 Å². The molecule has 2 aromatic carbocycles. The highest BCUT2D eigenvalue weighted by Gasteiger charge is 2.16. The van der Waals surface area contributed by atoms with Crippen LogP contribution in [0.1, 0.15) is 21.5 Å². The summed E-state index contributed by atoms with van der Waals surface area (Å²) in [4.78, 5) is 34.8. The number of amides is 2. The van der Waals surface area contributed by atoms with Crippen molar-refractivity contribution >= 4 is 45.7 Å². The van der Waals surface area contributed by atoms with Gasteiger partial charge in [0.15, 0.2) is 4.34 Å². The maximum Gasteiger partial charge on any atom is 0.273 e. The molecule has 0 aliphatic carbocycles. The molecule has 9 nitrogen and oxygen atoms in total. The zero-order valence-electron chi connectivity index (χ0n) is 15.8. The van der Waals surface area contributed by atoms with Gasteiger partial charge in [-0.15, -0.1) is 10.2 Å². The molecule has 3 rings (SSSR count). The Morgan fingerprint density at radius 2 is 1.93 bits per heavy atom. The third kappa shape index (κ3) is 5.84. The molecule has 2 N–H and O–H groups in total. The number of rotatable bonds is 8. The summed E-state index contributed by atoms with van der Waals surface area (Å²) in [5.41, 5.74) is 1.50. The van der Waals surface area contributed by atoms with E-state index in [0.717, 1.165) is 16.9 Å². The number of nitrogens with zero attached hydrogens (tertiary/aromatic N) is 3. The molecule has 30 heavy (non-hydrogen) atoms. The number of carbonyl (C=O) groups excluding carboxylic acids is 2. The Balaban J connectivity index is 1.51. The molecule has 0 atom stereocenters. The van der Waals surface area contributed by atoms with E-state index in [1.807, 2.05) is 30.3 Å². The first-order valence-corrected chi connectivity index (χ1v) is 10.6. The summed E-state index contributed by atoms with van der Waals surface area (Å²) >= 11 is 2.33. The minimum absolute atomic E-state index is 0.127. The number of carbonyl (C=O) groups is 2. The van der Waals surface area contributed by atoms with E-state index in [1.54, 1.807) is 6.92 Å². The van der Waals surface area contributed by atoms with Crippen LogP contribution in [0.3, 0.4) is 0 Å². The summed E-state index contributed by atoms with van der Waals surface area (Å²) in [6.45, 7) is 2.05. The van der Waals surface area contributed by atoms with Crippen LogP contribution in [0.25, 0.3) is 0 Å². The summed E-state index contributed by atoms with van der Waals surface area (Å²) in [6, 6.07) is 13.8. The third-order valence-electron chi connectivity index (χ3n) is 3.95. The summed E-state index contributed by atoms with van der Waals surface area (Å²) < 4.78 is 0.523. The van der Waals surface area contributed by atoms with Crippen molar-refractivity contribution in [2.75, 3.05) is 11.1 Å². The van der Waals surface area contributed by atoms with Crippen LogP contribution in [0.5, 0.6) is 0 Å². The normalized spacial score (nSPS) is 10.4. The lowest BCUT2D eigenvalue weighted by atomic mass is 10.1. The minimum atomic E-state index is -0.533. The average Bonchev–Trinajstić information content (AvgIpc) is 3.18. The second-order valence-corrected chi connectivity index (χ2v) is 8.34. The number of hydrogen-bond acceptors (Lipinski definition) is 8. The molecule has 0 spiro atoms. The fourth-order valence-corrected chi connectivity index (χ4v) is 3.99. The first-order valence-electron chi connectivity index (χ1n) is 8.75. The minimum Gasteiger partial charge on any atom is -0.351 e. The number of nitro benzene ring substituents is 1. The summed E-state index contributed by atoms with van der Waals surface area (Å²) in [6.07, 6.45) is 0. The summed E-state index contributed by atoms with van der Waals surface area (Å²) in [7, 11) is 0. The molecule has 0 saturated heterocycles. The molecule has 0 fully saturated rings. The number of nitro groups is 1. The van der Waals surface area contributed by atoms with Gasteiger partial charge in [0.2, 0.25) is 11.0 Å². The molecular formula is C19H17N5O4S2. The Bertz CT molecular complexity index is 1070. The van der Waals surface area contributed by atoms with Crippen LogP contribution < -0.4 is 10.6 Å². The van der Waals surface area contributed by atoms with Crippen molar-refractivity contribution in [1.82, 2.24) is 15.5 Å². The second-order valence-electron chi connectivity index (χ2n) is 6.14. The van der Waals surface area contributed by atoms with E-state index >= 15 is 0 Å². The molecule has 0 aliphatic heterocycles. The van der Waals surface area contributed by atoms with Gasteiger partial charge in [-0.25, -0.2) is 0 Å². The van der Waals surface area contributed by atoms with Crippen molar-refractivity contribution in [1.29, 1.82) is 0 Å². The molecule has 0 bridgehead atoms. The lowest BCUT2D eigenvalue weighted by Crippen LogP contribution is -2.24. The van der Waals surface area contributed by atoms with Crippen molar-refractivity contribution in [3.8, 4) is 0 Å². The first kappa shape index (κ1) is 21.4. The van der Waals surface area contributed by atoms with Crippen molar-refractivity contribution in [2.45, 2.75) is 17.8 Å². The fourth-order valence-electron chi connectivity index (χ4n) is 2.41. The number of anilines is 1. The lowest BCUT2D eigenvalue weighted by molar-refractivity contribution is -0.385. The Morgan fingerprint density at radius 1 is 1.17 bits per heavy atom. The monoisotopic (exact) mass is 443 g/mol. The Hall–Kier alpha value is -3.31. The van der Waals surface area contributed by atoms with Gasteiger partial charge in [-0.2, -0.15) is 0 Å². The zero-order valence-corrected chi connectivity index (χ0v) is 17.5. The van der Waals surface area contributed by atoms with Gasteiger partial charge in [-0.05, 0) is 18.6 Å². The SMILES string of the molecule is Cc1ccc(C(=O)Nc2nnc(SCC(=O)NCc3ccccc3)s2)cc1[N+](=O)[O-]. The van der Waals surface area contributed by atoms with E-state index in [-0.39, 0.29) is 28.0 Å². The van der Waals surface area contributed by atoms with Crippen LogP contribution in [0.15, 0.2) is 52.9 Å². The molecule has 0 aliphatic rings. The van der Waals surface area contributed by atoms with E-state index in [9.17, 15) is 19.7 Å². The maximum absolute atomic E-state index is 12.3. The maximum atomic E-state index is 12.3. The highest BCUT2D eigenvalue weighted by Crippen LogP contribution is 2.26. The van der Waals surface area contributed by atoms with Gasteiger partial charge in [0.05, 0.1) is 10.7 Å².